The zero-order valence-corrected chi connectivity index (χ0v) is 15.6. The quantitative estimate of drug-likeness (QED) is 0.410. The largest absolute Gasteiger partial charge is 0.370 e. The molecule has 0 atom stereocenters. The number of halogens is 1. The molecule has 1 aromatic carbocycles. The molecule has 0 aliphatic carbocycles. The summed E-state index contributed by atoms with van der Waals surface area (Å²) >= 11 is 0. The van der Waals surface area contributed by atoms with Crippen molar-refractivity contribution in [3.63, 3.8) is 0 Å². The van der Waals surface area contributed by atoms with E-state index in [1.807, 2.05) is 25.2 Å². The number of anilines is 1. The predicted octanol–water partition coefficient (Wildman–Crippen LogP) is 3.51. The zero-order chi connectivity index (χ0) is 18.6. The molecule has 0 amide bonds. The molecule has 0 aliphatic heterocycles. The summed E-state index contributed by atoms with van der Waals surface area (Å²) in [6, 6.07) is 12.4. The first-order valence-electron chi connectivity index (χ1n) is 9.08. The smallest absolute Gasteiger partial charge is 0.193 e. The number of rotatable bonds is 9. The average Bonchev–Trinajstić information content (AvgIpc) is 2.66. The van der Waals surface area contributed by atoms with E-state index in [0.717, 1.165) is 49.8 Å². The minimum Gasteiger partial charge on any atom is -0.370 e. The molecule has 1 aromatic heterocycles. The molecule has 2 N–H and O–H groups in total. The van der Waals surface area contributed by atoms with Gasteiger partial charge in [0, 0.05) is 39.4 Å². The number of pyridine rings is 1. The van der Waals surface area contributed by atoms with Crippen LogP contribution in [0, 0.1) is 5.82 Å². The van der Waals surface area contributed by atoms with E-state index in [-0.39, 0.29) is 5.82 Å². The number of nitrogens with one attached hydrogen (secondary N) is 2. The van der Waals surface area contributed by atoms with Crippen LogP contribution in [-0.4, -0.2) is 42.5 Å². The fourth-order valence-corrected chi connectivity index (χ4v) is 2.51. The third kappa shape index (κ3) is 7.09. The van der Waals surface area contributed by atoms with Gasteiger partial charge < -0.3 is 15.5 Å². The van der Waals surface area contributed by atoms with Crippen LogP contribution in [0.2, 0.25) is 0 Å². The van der Waals surface area contributed by atoms with Crippen molar-refractivity contribution in [2.24, 2.45) is 4.99 Å². The number of unbranched alkanes of at least 4 members (excludes halogenated alkanes) is 1. The van der Waals surface area contributed by atoms with Crippen LogP contribution in [0.1, 0.15) is 25.3 Å². The van der Waals surface area contributed by atoms with E-state index in [0.29, 0.717) is 6.54 Å². The summed E-state index contributed by atoms with van der Waals surface area (Å²) in [6.07, 6.45) is 3.81. The Kier molecular flexibility index (Phi) is 8.39. The highest BCUT2D eigenvalue weighted by atomic mass is 19.1. The Labute approximate surface area is 155 Å². The van der Waals surface area contributed by atoms with Crippen LogP contribution in [0.3, 0.4) is 0 Å². The monoisotopic (exact) mass is 357 g/mol. The van der Waals surface area contributed by atoms with E-state index in [9.17, 15) is 4.39 Å². The molecular weight excluding hydrogens is 329 g/mol. The van der Waals surface area contributed by atoms with Gasteiger partial charge in [0.1, 0.15) is 11.6 Å². The lowest BCUT2D eigenvalue weighted by molar-refractivity contribution is 0.475. The number of aliphatic imine (C=N–C) groups is 1. The molecular formula is C20H28FN5. The first-order valence-corrected chi connectivity index (χ1v) is 9.08. The van der Waals surface area contributed by atoms with E-state index in [1.165, 1.54) is 12.1 Å². The maximum absolute atomic E-state index is 13.0. The molecule has 6 heteroatoms. The van der Waals surface area contributed by atoms with Crippen molar-refractivity contribution in [2.45, 2.75) is 26.3 Å². The highest BCUT2D eigenvalue weighted by Gasteiger charge is 2.06. The fraction of sp³-hybridized carbons (Fsp3) is 0.400. The standard InChI is InChI=1S/C20H28FN5/c1-3-22-20(26(2)16-17-9-11-18(21)12-10-17)25-15-7-6-14-24-19-8-4-5-13-23-19/h4-5,8-13H,3,6-7,14-16H2,1-2H3,(H,22,25)(H,23,24). The highest BCUT2D eigenvalue weighted by Crippen LogP contribution is 2.06. The predicted molar refractivity (Wildman–Crippen MR) is 106 cm³/mol. The maximum Gasteiger partial charge on any atom is 0.193 e. The first-order chi connectivity index (χ1) is 12.7. The van der Waals surface area contributed by atoms with Gasteiger partial charge in [0.25, 0.3) is 0 Å². The molecule has 2 rings (SSSR count). The van der Waals surface area contributed by atoms with Gasteiger partial charge >= 0.3 is 0 Å². The molecule has 140 valence electrons. The van der Waals surface area contributed by atoms with Crippen LogP contribution in [0.15, 0.2) is 53.7 Å². The molecule has 0 saturated heterocycles. The summed E-state index contributed by atoms with van der Waals surface area (Å²) < 4.78 is 13.0. The van der Waals surface area contributed by atoms with Crippen LogP contribution in [0.4, 0.5) is 10.2 Å². The Morgan fingerprint density at radius 2 is 1.96 bits per heavy atom. The molecule has 0 spiro atoms. The lowest BCUT2D eigenvalue weighted by Gasteiger charge is -2.22. The number of aromatic nitrogens is 1. The molecule has 1 heterocycles. The van der Waals surface area contributed by atoms with Crippen molar-refractivity contribution < 1.29 is 4.39 Å². The second kappa shape index (κ2) is 11.1. The van der Waals surface area contributed by atoms with Crippen molar-refractivity contribution in [2.75, 3.05) is 32.0 Å². The molecule has 0 radical (unpaired) electrons. The lowest BCUT2D eigenvalue weighted by Crippen LogP contribution is -2.38. The number of nitrogens with zero attached hydrogens (tertiary/aromatic N) is 3. The van der Waals surface area contributed by atoms with Crippen LogP contribution in [0.25, 0.3) is 0 Å². The maximum atomic E-state index is 13.0. The van der Waals surface area contributed by atoms with Gasteiger partial charge in [-0.3, -0.25) is 4.99 Å². The van der Waals surface area contributed by atoms with Gasteiger partial charge in [-0.1, -0.05) is 18.2 Å². The van der Waals surface area contributed by atoms with E-state index in [1.54, 1.807) is 18.3 Å². The Morgan fingerprint density at radius 3 is 2.65 bits per heavy atom. The second-order valence-corrected chi connectivity index (χ2v) is 6.07. The molecule has 5 nitrogen and oxygen atoms in total. The molecule has 0 aliphatic rings. The van der Waals surface area contributed by atoms with Gasteiger partial charge in [-0.15, -0.1) is 0 Å². The van der Waals surface area contributed by atoms with Gasteiger partial charge in [0.05, 0.1) is 0 Å². The molecule has 0 unspecified atom stereocenters. The minimum atomic E-state index is -0.212. The highest BCUT2D eigenvalue weighted by molar-refractivity contribution is 5.79. The zero-order valence-electron chi connectivity index (χ0n) is 15.6. The number of hydrogen-bond donors (Lipinski definition) is 2. The van der Waals surface area contributed by atoms with Crippen LogP contribution in [-0.2, 0) is 6.54 Å². The van der Waals surface area contributed by atoms with Gasteiger partial charge in [0.2, 0.25) is 0 Å². The van der Waals surface area contributed by atoms with Gasteiger partial charge in [-0.05, 0) is 49.6 Å². The lowest BCUT2D eigenvalue weighted by atomic mass is 10.2. The van der Waals surface area contributed by atoms with Crippen molar-refractivity contribution >= 4 is 11.8 Å². The minimum absolute atomic E-state index is 0.212. The Morgan fingerprint density at radius 1 is 1.15 bits per heavy atom. The second-order valence-electron chi connectivity index (χ2n) is 6.07. The summed E-state index contributed by atoms with van der Waals surface area (Å²) in [5, 5.41) is 6.61. The molecule has 0 bridgehead atoms. The SMILES string of the molecule is CCNC(=NCCCCNc1ccccn1)N(C)Cc1ccc(F)cc1. The summed E-state index contributed by atoms with van der Waals surface area (Å²) in [5.41, 5.74) is 1.05. The van der Waals surface area contributed by atoms with E-state index in [4.69, 9.17) is 0 Å². The summed E-state index contributed by atoms with van der Waals surface area (Å²) in [6.45, 7) is 5.20. The van der Waals surface area contributed by atoms with Crippen molar-refractivity contribution in [1.29, 1.82) is 0 Å². The average molecular weight is 357 g/mol. The van der Waals surface area contributed by atoms with E-state index < -0.39 is 0 Å². The Bertz CT molecular complexity index is 658. The van der Waals surface area contributed by atoms with Gasteiger partial charge in [-0.25, -0.2) is 9.37 Å². The normalized spacial score (nSPS) is 11.3. The van der Waals surface area contributed by atoms with E-state index in [2.05, 4.69) is 32.4 Å². The number of guanidine groups is 1. The summed E-state index contributed by atoms with van der Waals surface area (Å²) in [5.74, 6) is 1.56. The van der Waals surface area contributed by atoms with Crippen LogP contribution < -0.4 is 10.6 Å². The van der Waals surface area contributed by atoms with Gasteiger partial charge in [0.15, 0.2) is 5.96 Å². The Balaban J connectivity index is 1.75. The molecule has 26 heavy (non-hydrogen) atoms. The van der Waals surface area contributed by atoms with Crippen molar-refractivity contribution in [1.82, 2.24) is 15.2 Å². The molecule has 0 saturated carbocycles. The number of benzene rings is 1. The third-order valence-corrected chi connectivity index (χ3v) is 3.85. The van der Waals surface area contributed by atoms with Gasteiger partial charge in [-0.2, -0.15) is 0 Å². The fourth-order valence-electron chi connectivity index (χ4n) is 2.51. The van der Waals surface area contributed by atoms with Crippen LogP contribution >= 0.6 is 0 Å². The van der Waals surface area contributed by atoms with Crippen LogP contribution in [0.5, 0.6) is 0 Å². The third-order valence-electron chi connectivity index (χ3n) is 3.85. The number of hydrogen-bond acceptors (Lipinski definition) is 3. The topological polar surface area (TPSA) is 52.6 Å². The Hall–Kier alpha value is -2.63. The molecule has 0 fully saturated rings. The first kappa shape index (κ1) is 19.7. The molecule has 2 aromatic rings. The van der Waals surface area contributed by atoms with Crippen molar-refractivity contribution in [3.05, 3.63) is 60.0 Å². The summed E-state index contributed by atoms with van der Waals surface area (Å²) in [4.78, 5) is 11.0. The van der Waals surface area contributed by atoms with E-state index >= 15 is 0 Å². The van der Waals surface area contributed by atoms with Crippen molar-refractivity contribution in [3.8, 4) is 0 Å². The summed E-state index contributed by atoms with van der Waals surface area (Å²) in [7, 11) is 1.99.